The van der Waals surface area contributed by atoms with E-state index < -0.39 is 0 Å². The Hall–Kier alpha value is -0.860. The molecule has 2 aliphatic carbocycles. The number of fused-ring (bicyclic) bond motifs is 5. The highest BCUT2D eigenvalue weighted by Gasteiger charge is 2.58. The fraction of sp³-hybridized carbons (Fsp3) is 0.895. The van der Waals surface area contributed by atoms with Gasteiger partial charge >= 0.3 is 0 Å². The summed E-state index contributed by atoms with van der Waals surface area (Å²) in [6.07, 6.45) is 10.1. The molecule has 5 unspecified atom stereocenters. The van der Waals surface area contributed by atoms with Crippen LogP contribution in [0.2, 0.25) is 0 Å². The Bertz CT molecular complexity index is 516. The minimum absolute atomic E-state index is 0.0998. The zero-order chi connectivity index (χ0) is 15.5. The summed E-state index contributed by atoms with van der Waals surface area (Å²) < 4.78 is 0. The minimum Gasteiger partial charge on any atom is -0.337 e. The van der Waals surface area contributed by atoms with E-state index >= 15 is 0 Å². The lowest BCUT2D eigenvalue weighted by molar-refractivity contribution is -0.150. The molecule has 1 amide bonds. The molecule has 3 nitrogen and oxygen atoms in total. The summed E-state index contributed by atoms with van der Waals surface area (Å²) in [4.78, 5) is 14.8. The highest BCUT2D eigenvalue weighted by molar-refractivity contribution is 5.89. The molecule has 4 aliphatic rings. The zero-order valence-corrected chi connectivity index (χ0v) is 14.2. The summed E-state index contributed by atoms with van der Waals surface area (Å²) in [5, 5.41) is 8.41. The van der Waals surface area contributed by atoms with Crippen molar-refractivity contribution < 1.29 is 4.79 Å². The number of hydrogen-bond donors (Lipinski definition) is 1. The van der Waals surface area contributed by atoms with Gasteiger partial charge in [0.25, 0.3) is 0 Å². The topological polar surface area (TPSA) is 44.2 Å². The van der Waals surface area contributed by atoms with Gasteiger partial charge in [0, 0.05) is 29.6 Å². The molecule has 0 aromatic carbocycles. The van der Waals surface area contributed by atoms with Crippen molar-refractivity contribution in [3.05, 3.63) is 0 Å². The third kappa shape index (κ3) is 1.80. The van der Waals surface area contributed by atoms with Gasteiger partial charge < -0.3 is 10.3 Å². The van der Waals surface area contributed by atoms with Crippen LogP contribution < -0.4 is 0 Å². The average Bonchev–Trinajstić information content (AvgIpc) is 2.70. The molecule has 0 aromatic rings. The summed E-state index contributed by atoms with van der Waals surface area (Å²) >= 11 is 0. The van der Waals surface area contributed by atoms with Crippen molar-refractivity contribution in [2.24, 2.45) is 23.2 Å². The lowest BCUT2D eigenvalue weighted by Gasteiger charge is -2.59. The van der Waals surface area contributed by atoms with E-state index in [0.29, 0.717) is 17.7 Å². The second-order valence-corrected chi connectivity index (χ2v) is 8.75. The first-order valence-electron chi connectivity index (χ1n) is 9.35. The van der Waals surface area contributed by atoms with Gasteiger partial charge in [-0.25, -0.2) is 0 Å². The number of hydrogen-bond acceptors (Lipinski definition) is 2. The summed E-state index contributed by atoms with van der Waals surface area (Å²) in [5.74, 6) is 2.53. The Labute approximate surface area is 134 Å². The molecule has 2 heterocycles. The molecule has 0 spiro atoms. The van der Waals surface area contributed by atoms with Gasteiger partial charge in [-0.3, -0.25) is 4.79 Å². The van der Waals surface area contributed by atoms with E-state index in [4.69, 9.17) is 5.41 Å². The summed E-state index contributed by atoms with van der Waals surface area (Å²) in [5.41, 5.74) is 1.29. The van der Waals surface area contributed by atoms with Crippen molar-refractivity contribution in [1.82, 2.24) is 4.90 Å². The maximum atomic E-state index is 12.6. The van der Waals surface area contributed by atoms with Crippen molar-refractivity contribution in [3.8, 4) is 0 Å². The van der Waals surface area contributed by atoms with E-state index in [1.807, 2.05) is 0 Å². The van der Waals surface area contributed by atoms with Crippen LogP contribution in [-0.4, -0.2) is 28.6 Å². The first-order chi connectivity index (χ1) is 10.5. The van der Waals surface area contributed by atoms with E-state index in [-0.39, 0.29) is 11.0 Å². The Morgan fingerprint density at radius 2 is 1.86 bits per heavy atom. The second kappa shape index (κ2) is 4.82. The van der Waals surface area contributed by atoms with Crippen LogP contribution in [0.5, 0.6) is 0 Å². The molecule has 122 valence electrons. The van der Waals surface area contributed by atoms with Crippen molar-refractivity contribution in [1.29, 1.82) is 5.41 Å². The average molecular weight is 302 g/mol. The number of nitrogens with zero attached hydrogens (tertiary/aromatic N) is 1. The Morgan fingerprint density at radius 3 is 2.68 bits per heavy atom. The molecule has 2 saturated heterocycles. The molecule has 4 fully saturated rings. The predicted molar refractivity (Wildman–Crippen MR) is 88.0 cm³/mol. The van der Waals surface area contributed by atoms with Gasteiger partial charge in [-0.1, -0.05) is 13.3 Å². The van der Waals surface area contributed by atoms with E-state index in [1.54, 1.807) is 0 Å². The largest absolute Gasteiger partial charge is 0.337 e. The number of carbonyl (C=O) groups is 1. The van der Waals surface area contributed by atoms with Crippen LogP contribution in [0.25, 0.3) is 0 Å². The monoisotopic (exact) mass is 302 g/mol. The smallest absolute Gasteiger partial charge is 0.223 e. The SMILES string of the molecule is CC12CCC3C(CCN4C(=O)CCCCC34C)C1CCC2=N. The van der Waals surface area contributed by atoms with Crippen LogP contribution in [0.3, 0.4) is 0 Å². The van der Waals surface area contributed by atoms with Crippen LogP contribution in [0.1, 0.15) is 71.6 Å². The molecule has 1 N–H and O–H groups in total. The van der Waals surface area contributed by atoms with Gasteiger partial charge in [-0.2, -0.15) is 0 Å². The van der Waals surface area contributed by atoms with E-state index in [2.05, 4.69) is 18.7 Å². The van der Waals surface area contributed by atoms with Crippen molar-refractivity contribution >= 4 is 11.6 Å². The van der Waals surface area contributed by atoms with Crippen molar-refractivity contribution in [2.75, 3.05) is 6.54 Å². The highest BCUT2D eigenvalue weighted by atomic mass is 16.2. The fourth-order valence-electron chi connectivity index (χ4n) is 6.63. The third-order valence-corrected chi connectivity index (χ3v) is 7.95. The molecular weight excluding hydrogens is 272 g/mol. The van der Waals surface area contributed by atoms with Crippen LogP contribution in [0.4, 0.5) is 0 Å². The van der Waals surface area contributed by atoms with E-state index in [9.17, 15) is 4.79 Å². The molecule has 22 heavy (non-hydrogen) atoms. The number of nitrogens with one attached hydrogen (secondary N) is 1. The predicted octanol–water partition coefficient (Wildman–Crippen LogP) is 4.01. The number of amides is 1. The molecule has 3 heteroatoms. The van der Waals surface area contributed by atoms with Crippen LogP contribution in [-0.2, 0) is 4.79 Å². The number of carbonyl (C=O) groups excluding carboxylic acids is 1. The Kier molecular flexibility index (Phi) is 3.22. The molecular formula is C19H30N2O. The molecule has 2 aliphatic heterocycles. The zero-order valence-electron chi connectivity index (χ0n) is 14.2. The normalized spacial score (nSPS) is 48.5. The maximum Gasteiger partial charge on any atom is 0.223 e. The second-order valence-electron chi connectivity index (χ2n) is 8.75. The highest BCUT2D eigenvalue weighted by Crippen LogP contribution is 2.60. The first-order valence-corrected chi connectivity index (χ1v) is 9.35. The van der Waals surface area contributed by atoms with Gasteiger partial charge in [0.15, 0.2) is 0 Å². The van der Waals surface area contributed by atoms with E-state index in [1.165, 1.54) is 38.5 Å². The van der Waals surface area contributed by atoms with Crippen molar-refractivity contribution in [3.63, 3.8) is 0 Å². The van der Waals surface area contributed by atoms with Crippen LogP contribution >= 0.6 is 0 Å². The van der Waals surface area contributed by atoms with Gasteiger partial charge in [0.2, 0.25) is 5.91 Å². The maximum absolute atomic E-state index is 12.6. The van der Waals surface area contributed by atoms with Crippen LogP contribution in [0, 0.1) is 28.6 Å². The van der Waals surface area contributed by atoms with Gasteiger partial charge in [-0.15, -0.1) is 0 Å². The van der Waals surface area contributed by atoms with Gasteiger partial charge in [0.05, 0.1) is 0 Å². The summed E-state index contributed by atoms with van der Waals surface area (Å²) in [7, 11) is 0. The molecule has 0 aromatic heterocycles. The first kappa shape index (κ1) is 14.7. The summed E-state index contributed by atoms with van der Waals surface area (Å²) in [6, 6.07) is 0. The molecule has 0 radical (unpaired) electrons. The standard InChI is InChI=1S/C19H30N2O/c1-18-11-8-15-13(14(18)6-7-16(18)20)9-12-21-17(22)5-3-4-10-19(15,21)2/h13-15,20H,3-12H2,1-2H3. The lowest BCUT2D eigenvalue weighted by Crippen LogP contribution is -2.62. The van der Waals surface area contributed by atoms with Crippen LogP contribution in [0.15, 0.2) is 0 Å². The fourth-order valence-corrected chi connectivity index (χ4v) is 6.63. The van der Waals surface area contributed by atoms with Gasteiger partial charge in [0.1, 0.15) is 0 Å². The molecule has 0 bridgehead atoms. The molecule has 4 rings (SSSR count). The molecule has 2 saturated carbocycles. The lowest BCUT2D eigenvalue weighted by atomic mass is 9.53. The third-order valence-electron chi connectivity index (χ3n) is 7.95. The number of rotatable bonds is 0. The van der Waals surface area contributed by atoms with E-state index in [0.717, 1.165) is 37.4 Å². The van der Waals surface area contributed by atoms with Gasteiger partial charge in [-0.05, 0) is 69.6 Å². The Morgan fingerprint density at radius 1 is 1.05 bits per heavy atom. The number of piperidine rings is 1. The molecule has 5 atom stereocenters. The summed E-state index contributed by atoms with van der Waals surface area (Å²) in [6.45, 7) is 5.71. The Balaban J connectivity index is 1.68. The van der Waals surface area contributed by atoms with Crippen molar-refractivity contribution in [2.45, 2.75) is 77.2 Å². The quantitative estimate of drug-likeness (QED) is 0.722. The minimum atomic E-state index is 0.0998.